The zero-order valence-corrected chi connectivity index (χ0v) is 14.3. The van der Waals surface area contributed by atoms with E-state index < -0.39 is 12.1 Å². The van der Waals surface area contributed by atoms with Crippen molar-refractivity contribution in [2.75, 3.05) is 25.0 Å². The Morgan fingerprint density at radius 1 is 1.42 bits per heavy atom. The summed E-state index contributed by atoms with van der Waals surface area (Å²) in [4.78, 5) is 24.9. The molecule has 9 heteroatoms. The lowest BCUT2D eigenvalue weighted by Gasteiger charge is -2.31. The highest BCUT2D eigenvalue weighted by Crippen LogP contribution is 2.19. The van der Waals surface area contributed by atoms with Gasteiger partial charge < -0.3 is 15.0 Å². The molecule has 0 bridgehead atoms. The molecule has 24 heavy (non-hydrogen) atoms. The van der Waals surface area contributed by atoms with Crippen LogP contribution in [0.4, 0.5) is 10.6 Å². The van der Waals surface area contributed by atoms with Crippen molar-refractivity contribution in [3.05, 3.63) is 6.07 Å². The van der Waals surface area contributed by atoms with Crippen molar-refractivity contribution in [1.29, 1.82) is 0 Å². The summed E-state index contributed by atoms with van der Waals surface area (Å²) in [6, 6.07) is 0.405. The molecule has 0 spiro atoms. The van der Waals surface area contributed by atoms with Crippen molar-refractivity contribution >= 4 is 17.8 Å². The SMILES string of the molecule is CCOc1cc(NC(=O)N2CCCN2C(=O)[C@@H](N)C(C)CC)no1. The summed E-state index contributed by atoms with van der Waals surface area (Å²) in [5, 5.41) is 9.08. The van der Waals surface area contributed by atoms with Gasteiger partial charge in [-0.15, -0.1) is 0 Å². The van der Waals surface area contributed by atoms with Crippen molar-refractivity contribution in [1.82, 2.24) is 15.2 Å². The van der Waals surface area contributed by atoms with E-state index in [0.717, 1.165) is 6.42 Å². The van der Waals surface area contributed by atoms with E-state index >= 15 is 0 Å². The molecule has 134 valence electrons. The summed E-state index contributed by atoms with van der Waals surface area (Å²) in [6.07, 6.45) is 1.50. The third kappa shape index (κ3) is 3.97. The summed E-state index contributed by atoms with van der Waals surface area (Å²) >= 11 is 0. The van der Waals surface area contributed by atoms with Crippen LogP contribution < -0.4 is 15.8 Å². The molecule has 0 saturated carbocycles. The first-order valence-electron chi connectivity index (χ1n) is 8.22. The van der Waals surface area contributed by atoms with Crippen LogP contribution in [0.2, 0.25) is 0 Å². The van der Waals surface area contributed by atoms with E-state index in [1.54, 1.807) is 0 Å². The van der Waals surface area contributed by atoms with Crippen molar-refractivity contribution < 1.29 is 18.8 Å². The maximum absolute atomic E-state index is 12.5. The highest BCUT2D eigenvalue weighted by Gasteiger charge is 2.35. The number of anilines is 1. The van der Waals surface area contributed by atoms with E-state index in [1.165, 1.54) is 16.1 Å². The zero-order valence-electron chi connectivity index (χ0n) is 14.3. The van der Waals surface area contributed by atoms with E-state index in [9.17, 15) is 9.59 Å². The number of nitrogens with one attached hydrogen (secondary N) is 1. The second-order valence-electron chi connectivity index (χ2n) is 5.74. The lowest BCUT2D eigenvalue weighted by atomic mass is 9.99. The molecular formula is C15H25N5O4. The number of ether oxygens (including phenoxy) is 1. The number of urea groups is 1. The molecule has 1 unspecified atom stereocenters. The third-order valence-corrected chi connectivity index (χ3v) is 4.07. The third-order valence-electron chi connectivity index (χ3n) is 4.07. The van der Waals surface area contributed by atoms with Gasteiger partial charge in [0, 0.05) is 13.1 Å². The van der Waals surface area contributed by atoms with Crippen LogP contribution in [0.5, 0.6) is 5.95 Å². The molecule has 9 nitrogen and oxygen atoms in total. The Morgan fingerprint density at radius 2 is 2.12 bits per heavy atom. The largest absolute Gasteiger partial charge is 0.464 e. The number of carbonyl (C=O) groups is 2. The maximum Gasteiger partial charge on any atom is 0.341 e. The van der Waals surface area contributed by atoms with Crippen LogP contribution in [0.15, 0.2) is 10.6 Å². The summed E-state index contributed by atoms with van der Waals surface area (Å²) in [5.41, 5.74) is 6.01. The average molecular weight is 339 g/mol. The number of nitrogens with two attached hydrogens (primary N) is 1. The summed E-state index contributed by atoms with van der Waals surface area (Å²) in [6.45, 7) is 7.07. The smallest absolute Gasteiger partial charge is 0.341 e. The average Bonchev–Trinajstić information content (AvgIpc) is 3.22. The van der Waals surface area contributed by atoms with Gasteiger partial charge in [-0.25, -0.2) is 14.8 Å². The van der Waals surface area contributed by atoms with Crippen molar-refractivity contribution in [2.45, 2.75) is 39.7 Å². The molecule has 1 saturated heterocycles. The number of carbonyl (C=O) groups excluding carboxylic acids is 2. The van der Waals surface area contributed by atoms with Crippen LogP contribution in [0.1, 0.15) is 33.6 Å². The number of aromatic nitrogens is 1. The van der Waals surface area contributed by atoms with Crippen molar-refractivity contribution in [3.8, 4) is 5.95 Å². The lowest BCUT2D eigenvalue weighted by molar-refractivity contribution is -0.142. The second-order valence-corrected chi connectivity index (χ2v) is 5.74. The van der Waals surface area contributed by atoms with Gasteiger partial charge in [-0.3, -0.25) is 10.1 Å². The normalized spacial score (nSPS) is 16.8. The first kappa shape index (κ1) is 18.1. The van der Waals surface area contributed by atoms with Gasteiger partial charge in [-0.1, -0.05) is 25.4 Å². The Morgan fingerprint density at radius 3 is 2.79 bits per heavy atom. The van der Waals surface area contributed by atoms with Gasteiger partial charge in [-0.05, 0) is 19.3 Å². The molecule has 3 amide bonds. The Hall–Kier alpha value is -2.29. The molecule has 2 atom stereocenters. The summed E-state index contributed by atoms with van der Waals surface area (Å²) < 4.78 is 10.1. The van der Waals surface area contributed by atoms with Crippen molar-refractivity contribution in [2.24, 2.45) is 11.7 Å². The van der Waals surface area contributed by atoms with Gasteiger partial charge in [0.2, 0.25) is 0 Å². The summed E-state index contributed by atoms with van der Waals surface area (Å²) in [5.74, 6) is 0.259. The Labute approximate surface area is 141 Å². The molecule has 0 aliphatic carbocycles. The second kappa shape index (κ2) is 8.00. The predicted octanol–water partition coefficient (Wildman–Crippen LogP) is 1.43. The molecule has 2 heterocycles. The van der Waals surface area contributed by atoms with E-state index in [1.807, 2.05) is 20.8 Å². The Balaban J connectivity index is 2.00. The van der Waals surface area contributed by atoms with Crippen LogP contribution >= 0.6 is 0 Å². The molecule has 1 aliphatic heterocycles. The molecule has 2 rings (SSSR count). The van der Waals surface area contributed by atoms with Gasteiger partial charge >= 0.3 is 12.0 Å². The van der Waals surface area contributed by atoms with E-state index in [0.29, 0.717) is 26.1 Å². The number of nitrogens with zero attached hydrogens (tertiary/aromatic N) is 3. The van der Waals surface area contributed by atoms with Crippen LogP contribution in [-0.4, -0.2) is 52.9 Å². The maximum atomic E-state index is 12.5. The van der Waals surface area contributed by atoms with E-state index in [-0.39, 0.29) is 23.6 Å². The van der Waals surface area contributed by atoms with Gasteiger partial charge in [0.1, 0.15) is 0 Å². The van der Waals surface area contributed by atoms with Crippen LogP contribution in [0.25, 0.3) is 0 Å². The first-order chi connectivity index (χ1) is 11.5. The molecule has 0 aromatic carbocycles. The van der Waals surface area contributed by atoms with E-state index in [2.05, 4.69) is 10.5 Å². The molecule has 1 aromatic rings. The monoisotopic (exact) mass is 339 g/mol. The topological polar surface area (TPSA) is 114 Å². The number of hydrogen-bond donors (Lipinski definition) is 2. The van der Waals surface area contributed by atoms with Gasteiger partial charge in [0.05, 0.1) is 18.7 Å². The minimum Gasteiger partial charge on any atom is -0.464 e. The molecular weight excluding hydrogens is 314 g/mol. The zero-order chi connectivity index (χ0) is 17.7. The Kier molecular flexibility index (Phi) is 6.02. The number of hydrogen-bond acceptors (Lipinski definition) is 6. The number of rotatable bonds is 6. The number of hydrazine groups is 1. The molecule has 1 aliphatic rings. The van der Waals surface area contributed by atoms with E-state index in [4.69, 9.17) is 15.0 Å². The van der Waals surface area contributed by atoms with Gasteiger partial charge in [0.25, 0.3) is 5.91 Å². The standard InChI is InChI=1S/C15H25N5O4/c1-4-10(3)13(16)14(21)19-7-6-8-20(19)15(22)17-11-9-12(23-5-2)24-18-11/h9-10,13H,4-8,16H2,1-3H3,(H,17,18,22)/t10?,13-/m0/s1. The minimum absolute atomic E-state index is 0.0484. The lowest BCUT2D eigenvalue weighted by Crippen LogP contribution is -2.53. The van der Waals surface area contributed by atoms with Crippen LogP contribution in [0, 0.1) is 5.92 Å². The minimum atomic E-state index is -0.625. The van der Waals surface area contributed by atoms with Crippen molar-refractivity contribution in [3.63, 3.8) is 0 Å². The summed E-state index contributed by atoms with van der Waals surface area (Å²) in [7, 11) is 0. The molecule has 1 aromatic heterocycles. The fourth-order valence-corrected chi connectivity index (χ4v) is 2.42. The van der Waals surface area contributed by atoms with Crippen LogP contribution in [-0.2, 0) is 4.79 Å². The fraction of sp³-hybridized carbons (Fsp3) is 0.667. The predicted molar refractivity (Wildman–Crippen MR) is 87.2 cm³/mol. The Bertz CT molecular complexity index is 576. The number of amides is 3. The van der Waals surface area contributed by atoms with Gasteiger partial charge in [-0.2, -0.15) is 0 Å². The molecule has 1 fully saturated rings. The highest BCUT2D eigenvalue weighted by molar-refractivity contribution is 5.91. The molecule has 3 N–H and O–H groups in total. The fourth-order valence-electron chi connectivity index (χ4n) is 2.42. The highest BCUT2D eigenvalue weighted by atomic mass is 16.6. The van der Waals surface area contributed by atoms with Gasteiger partial charge in [0.15, 0.2) is 5.82 Å². The van der Waals surface area contributed by atoms with Crippen LogP contribution in [0.3, 0.4) is 0 Å². The quantitative estimate of drug-likeness (QED) is 0.810. The first-order valence-corrected chi connectivity index (χ1v) is 8.22. The molecule has 0 radical (unpaired) electrons.